The van der Waals surface area contributed by atoms with Gasteiger partial charge in [-0.1, -0.05) is 21.6 Å². The standard InChI is InChI=1S/C6H16N6S2.2BrH/c1-3(11-5(7)8)13-14-4(2)12-6(9)10;;/h3-4H,1-2H3,(H4,7,8,11)(H4,9,10,12);2*1H. The molecule has 0 aromatic heterocycles. The van der Waals surface area contributed by atoms with Crippen molar-refractivity contribution in [3.63, 3.8) is 0 Å². The topological polar surface area (TPSA) is 124 Å². The SMILES string of the molecule is Br.Br.CC(NC(=N)N)SSC(C)NC(=N)N. The molecule has 0 amide bonds. The number of nitrogens with one attached hydrogen (secondary N) is 4. The second-order valence-electron chi connectivity index (χ2n) is 2.59. The van der Waals surface area contributed by atoms with E-state index < -0.39 is 0 Å². The van der Waals surface area contributed by atoms with E-state index in [1.165, 1.54) is 21.6 Å². The fourth-order valence-corrected chi connectivity index (χ4v) is 2.62. The van der Waals surface area contributed by atoms with Crippen LogP contribution in [0, 0.1) is 10.8 Å². The fourth-order valence-electron chi connectivity index (χ4n) is 0.653. The van der Waals surface area contributed by atoms with Crippen LogP contribution in [0.4, 0.5) is 0 Å². The van der Waals surface area contributed by atoms with Gasteiger partial charge < -0.3 is 22.1 Å². The van der Waals surface area contributed by atoms with Gasteiger partial charge in [-0.05, 0) is 13.8 Å². The number of rotatable bonds is 5. The first-order chi connectivity index (χ1) is 6.41. The van der Waals surface area contributed by atoms with Crippen LogP contribution in [0.15, 0.2) is 0 Å². The lowest BCUT2D eigenvalue weighted by molar-refractivity contribution is 0.879. The number of hydrogen-bond acceptors (Lipinski definition) is 4. The van der Waals surface area contributed by atoms with Crippen LogP contribution in [0.5, 0.6) is 0 Å². The fraction of sp³-hybridized carbons (Fsp3) is 0.667. The van der Waals surface area contributed by atoms with Gasteiger partial charge >= 0.3 is 0 Å². The maximum absolute atomic E-state index is 7.00. The predicted molar refractivity (Wildman–Crippen MR) is 84.8 cm³/mol. The zero-order valence-corrected chi connectivity index (χ0v) is 14.0. The molecule has 0 aromatic rings. The number of hydrogen-bond donors (Lipinski definition) is 6. The molecule has 0 fully saturated rings. The minimum atomic E-state index is -0.0437. The monoisotopic (exact) mass is 396 g/mol. The van der Waals surface area contributed by atoms with Crippen molar-refractivity contribution in [2.24, 2.45) is 11.5 Å². The summed E-state index contributed by atoms with van der Waals surface area (Å²) in [7, 11) is 3.05. The third-order valence-electron chi connectivity index (χ3n) is 1.06. The number of guanidine groups is 2. The van der Waals surface area contributed by atoms with E-state index in [-0.39, 0.29) is 56.6 Å². The Kier molecular flexibility index (Phi) is 15.7. The molecule has 2 atom stereocenters. The summed E-state index contributed by atoms with van der Waals surface area (Å²) in [6.45, 7) is 3.80. The Balaban J connectivity index is -0.000000845. The van der Waals surface area contributed by atoms with E-state index in [0.29, 0.717) is 0 Å². The molecule has 0 aliphatic heterocycles. The Morgan fingerprint density at radius 3 is 1.38 bits per heavy atom. The van der Waals surface area contributed by atoms with Crippen molar-refractivity contribution < 1.29 is 0 Å². The quantitative estimate of drug-likeness (QED) is 0.179. The van der Waals surface area contributed by atoms with Crippen molar-refractivity contribution in [3.8, 4) is 0 Å². The highest BCUT2D eigenvalue weighted by atomic mass is 79.9. The van der Waals surface area contributed by atoms with Crippen molar-refractivity contribution >= 4 is 67.5 Å². The molecular formula is C6H18Br2N6S2. The van der Waals surface area contributed by atoms with Crippen LogP contribution < -0.4 is 22.1 Å². The third-order valence-corrected chi connectivity index (χ3v) is 4.05. The van der Waals surface area contributed by atoms with Crippen LogP contribution in [0.25, 0.3) is 0 Å². The summed E-state index contributed by atoms with van der Waals surface area (Å²) >= 11 is 0. The van der Waals surface area contributed by atoms with Crippen molar-refractivity contribution in [3.05, 3.63) is 0 Å². The van der Waals surface area contributed by atoms with Crippen LogP contribution in [0.1, 0.15) is 13.8 Å². The Morgan fingerprint density at radius 2 is 1.19 bits per heavy atom. The van der Waals surface area contributed by atoms with Gasteiger partial charge in [-0.15, -0.1) is 34.0 Å². The van der Waals surface area contributed by atoms with E-state index in [4.69, 9.17) is 22.3 Å². The van der Waals surface area contributed by atoms with Gasteiger partial charge in [0.2, 0.25) is 0 Å². The molecule has 0 aliphatic rings. The van der Waals surface area contributed by atoms with Crippen LogP contribution in [0.2, 0.25) is 0 Å². The highest BCUT2D eigenvalue weighted by molar-refractivity contribution is 8.93. The molecule has 2 unspecified atom stereocenters. The zero-order chi connectivity index (χ0) is 11.1. The first kappa shape index (κ1) is 21.5. The van der Waals surface area contributed by atoms with Gasteiger partial charge in [-0.2, -0.15) is 0 Å². The van der Waals surface area contributed by atoms with E-state index >= 15 is 0 Å². The largest absolute Gasteiger partial charge is 0.370 e. The van der Waals surface area contributed by atoms with Gasteiger partial charge in [0.15, 0.2) is 11.9 Å². The summed E-state index contributed by atoms with van der Waals surface area (Å²) in [4.78, 5) is 0. The summed E-state index contributed by atoms with van der Waals surface area (Å²) in [6, 6.07) is 0. The summed E-state index contributed by atoms with van der Waals surface area (Å²) in [5.41, 5.74) is 10.3. The van der Waals surface area contributed by atoms with Crippen LogP contribution in [-0.2, 0) is 0 Å². The average molecular weight is 398 g/mol. The maximum Gasteiger partial charge on any atom is 0.186 e. The van der Waals surface area contributed by atoms with Crippen LogP contribution >= 0.6 is 55.6 Å². The molecule has 0 aromatic carbocycles. The molecule has 8 N–H and O–H groups in total. The van der Waals surface area contributed by atoms with E-state index in [0.717, 1.165) is 0 Å². The minimum absolute atomic E-state index is 0. The second-order valence-corrected chi connectivity index (χ2v) is 5.55. The van der Waals surface area contributed by atoms with Crippen molar-refractivity contribution in [1.82, 2.24) is 10.6 Å². The Labute approximate surface area is 124 Å². The lowest BCUT2D eigenvalue weighted by atomic mass is 10.7. The molecule has 0 spiro atoms. The van der Waals surface area contributed by atoms with E-state index in [1.807, 2.05) is 13.8 Å². The minimum Gasteiger partial charge on any atom is -0.370 e. The molecule has 0 rings (SSSR count). The highest BCUT2D eigenvalue weighted by Crippen LogP contribution is 2.28. The molecule has 0 aliphatic carbocycles. The molecular weight excluding hydrogens is 380 g/mol. The molecule has 0 saturated carbocycles. The highest BCUT2D eigenvalue weighted by Gasteiger charge is 2.07. The van der Waals surface area contributed by atoms with Gasteiger partial charge in [0.05, 0.1) is 10.7 Å². The van der Waals surface area contributed by atoms with Gasteiger partial charge in [0.1, 0.15) is 0 Å². The smallest absolute Gasteiger partial charge is 0.186 e. The summed E-state index contributed by atoms with van der Waals surface area (Å²) in [6.07, 6.45) is 0. The van der Waals surface area contributed by atoms with Crippen LogP contribution in [0.3, 0.4) is 0 Å². The van der Waals surface area contributed by atoms with Crippen molar-refractivity contribution in [1.29, 1.82) is 10.8 Å². The van der Waals surface area contributed by atoms with Crippen LogP contribution in [-0.4, -0.2) is 22.7 Å². The van der Waals surface area contributed by atoms with Crippen molar-refractivity contribution in [2.45, 2.75) is 24.6 Å². The molecule has 0 saturated heterocycles. The zero-order valence-electron chi connectivity index (χ0n) is 8.94. The molecule has 0 bridgehead atoms. The van der Waals surface area contributed by atoms with E-state index in [2.05, 4.69) is 10.6 Å². The second kappa shape index (κ2) is 11.7. The Morgan fingerprint density at radius 1 is 0.938 bits per heavy atom. The first-order valence-electron chi connectivity index (χ1n) is 3.95. The average Bonchev–Trinajstić information content (AvgIpc) is 1.98. The first-order valence-corrected chi connectivity index (χ1v) is 6.22. The molecule has 6 nitrogen and oxygen atoms in total. The molecule has 16 heavy (non-hydrogen) atoms. The van der Waals surface area contributed by atoms with E-state index in [1.54, 1.807) is 0 Å². The lowest BCUT2D eigenvalue weighted by Gasteiger charge is -2.16. The number of nitrogens with two attached hydrogens (primary N) is 2. The summed E-state index contributed by atoms with van der Waals surface area (Å²) in [5, 5.41) is 19.6. The molecule has 0 heterocycles. The van der Waals surface area contributed by atoms with Gasteiger partial charge in [0, 0.05) is 0 Å². The Hall–Kier alpha value is 0.200. The maximum atomic E-state index is 7.00. The number of halogens is 2. The lowest BCUT2D eigenvalue weighted by Crippen LogP contribution is -2.37. The van der Waals surface area contributed by atoms with E-state index in [9.17, 15) is 0 Å². The normalized spacial score (nSPS) is 12.4. The molecule has 98 valence electrons. The van der Waals surface area contributed by atoms with Gasteiger partial charge in [0.25, 0.3) is 0 Å². The summed E-state index contributed by atoms with van der Waals surface area (Å²) < 4.78 is 0. The molecule has 10 heteroatoms. The van der Waals surface area contributed by atoms with Gasteiger partial charge in [-0.25, -0.2) is 0 Å². The summed E-state index contributed by atoms with van der Waals surface area (Å²) in [5.74, 6) is -0.0874. The Bertz CT molecular complexity index is 195. The third kappa shape index (κ3) is 14.2. The molecule has 0 radical (unpaired) electrons. The van der Waals surface area contributed by atoms with Crippen molar-refractivity contribution in [2.75, 3.05) is 0 Å². The van der Waals surface area contributed by atoms with Gasteiger partial charge in [-0.3, -0.25) is 10.8 Å². The predicted octanol–water partition coefficient (Wildman–Crippen LogP) is 1.18.